The second kappa shape index (κ2) is 7.76. The van der Waals surface area contributed by atoms with E-state index in [1.807, 2.05) is 91.9 Å². The molecule has 0 spiro atoms. The lowest BCUT2D eigenvalue weighted by Crippen LogP contribution is -2.16. The van der Waals surface area contributed by atoms with Gasteiger partial charge < -0.3 is 9.47 Å². The maximum Gasteiger partial charge on any atom is 0.412 e. The zero-order valence-electron chi connectivity index (χ0n) is 16.3. The molecule has 30 heavy (non-hydrogen) atoms. The van der Waals surface area contributed by atoms with Gasteiger partial charge in [-0.15, -0.1) is 0 Å². The average Bonchev–Trinajstić information content (AvgIpc) is 2.77. The zero-order chi connectivity index (χ0) is 20.5. The maximum absolute atomic E-state index is 12.5. The van der Waals surface area contributed by atoms with Crippen molar-refractivity contribution >= 4 is 34.3 Å². The summed E-state index contributed by atoms with van der Waals surface area (Å²) in [6, 6.07) is 27.6. The van der Waals surface area contributed by atoms with Crippen LogP contribution in [0.15, 0.2) is 94.7 Å². The second-order valence-electron chi connectivity index (χ2n) is 7.06. The van der Waals surface area contributed by atoms with Crippen LogP contribution in [-0.2, 0) is 4.74 Å². The first-order valence-corrected chi connectivity index (χ1v) is 10.5. The van der Waals surface area contributed by atoms with E-state index in [1.165, 1.54) is 0 Å². The summed E-state index contributed by atoms with van der Waals surface area (Å²) < 4.78 is 11.6. The van der Waals surface area contributed by atoms with Gasteiger partial charge in [-0.1, -0.05) is 66.4 Å². The van der Waals surface area contributed by atoms with Crippen molar-refractivity contribution in [3.8, 4) is 11.5 Å². The summed E-state index contributed by atoms with van der Waals surface area (Å²) in [6.45, 7) is 1.87. The molecule has 1 amide bonds. The standard InChI is InChI=1S/C25H19NO3S/c1-16(28-25(27)26-20-10-6-8-17-7-2-3-9-19(17)20)18-13-14-22-24(15-18)30-23-12-5-4-11-21(23)29-22/h2-16H,1H3,(H,26,27). The molecule has 4 aromatic rings. The van der Waals surface area contributed by atoms with Crippen molar-refractivity contribution in [3.05, 3.63) is 90.5 Å². The topological polar surface area (TPSA) is 47.6 Å². The van der Waals surface area contributed by atoms with Gasteiger partial charge in [-0.05, 0) is 48.2 Å². The molecule has 4 nitrogen and oxygen atoms in total. The molecule has 0 saturated carbocycles. The number of rotatable bonds is 3. The van der Waals surface area contributed by atoms with Crippen LogP contribution < -0.4 is 10.1 Å². The van der Waals surface area contributed by atoms with Gasteiger partial charge in [-0.3, -0.25) is 5.32 Å². The largest absolute Gasteiger partial charge is 0.455 e. The van der Waals surface area contributed by atoms with Crippen LogP contribution in [-0.4, -0.2) is 6.09 Å². The quantitative estimate of drug-likeness (QED) is 0.335. The molecule has 0 saturated heterocycles. The minimum absolute atomic E-state index is 0.400. The Balaban J connectivity index is 1.31. The van der Waals surface area contributed by atoms with Gasteiger partial charge in [-0.2, -0.15) is 0 Å². The van der Waals surface area contributed by atoms with Crippen LogP contribution in [0.5, 0.6) is 11.5 Å². The van der Waals surface area contributed by atoms with Gasteiger partial charge in [0.15, 0.2) is 0 Å². The van der Waals surface area contributed by atoms with Gasteiger partial charge in [-0.25, -0.2) is 4.79 Å². The highest BCUT2D eigenvalue weighted by Gasteiger charge is 2.20. The van der Waals surface area contributed by atoms with E-state index in [9.17, 15) is 4.79 Å². The van der Waals surface area contributed by atoms with Gasteiger partial charge in [0.1, 0.15) is 17.6 Å². The number of anilines is 1. The number of amides is 1. The predicted molar refractivity (Wildman–Crippen MR) is 120 cm³/mol. The molecule has 1 N–H and O–H groups in total. The van der Waals surface area contributed by atoms with Crippen LogP contribution in [0.1, 0.15) is 18.6 Å². The van der Waals surface area contributed by atoms with E-state index in [-0.39, 0.29) is 0 Å². The zero-order valence-corrected chi connectivity index (χ0v) is 17.1. The van der Waals surface area contributed by atoms with E-state index in [0.29, 0.717) is 0 Å². The lowest BCUT2D eigenvalue weighted by atomic mass is 10.1. The van der Waals surface area contributed by atoms with Crippen LogP contribution >= 0.6 is 11.8 Å². The lowest BCUT2D eigenvalue weighted by Gasteiger charge is -2.21. The van der Waals surface area contributed by atoms with E-state index in [1.54, 1.807) is 11.8 Å². The van der Waals surface area contributed by atoms with Gasteiger partial charge >= 0.3 is 6.09 Å². The molecule has 1 aliphatic rings. The molecule has 1 atom stereocenters. The third kappa shape index (κ3) is 3.60. The molecule has 0 fully saturated rings. The maximum atomic E-state index is 12.5. The van der Waals surface area contributed by atoms with Gasteiger partial charge in [0.25, 0.3) is 0 Å². The first kappa shape index (κ1) is 18.6. The third-order valence-electron chi connectivity index (χ3n) is 5.04. The number of benzene rings is 4. The smallest absolute Gasteiger partial charge is 0.412 e. The van der Waals surface area contributed by atoms with E-state index < -0.39 is 12.2 Å². The molecule has 0 aromatic heterocycles. The van der Waals surface area contributed by atoms with Crippen LogP contribution in [0.4, 0.5) is 10.5 Å². The van der Waals surface area contributed by atoms with Crippen molar-refractivity contribution in [2.24, 2.45) is 0 Å². The van der Waals surface area contributed by atoms with E-state index >= 15 is 0 Å². The van der Waals surface area contributed by atoms with Crippen molar-refractivity contribution < 1.29 is 14.3 Å². The summed E-state index contributed by atoms with van der Waals surface area (Å²) in [4.78, 5) is 14.6. The number of fused-ring (bicyclic) bond motifs is 3. The number of carbonyl (C=O) groups is 1. The number of nitrogens with one attached hydrogen (secondary N) is 1. The Morgan fingerprint density at radius 1 is 0.900 bits per heavy atom. The highest BCUT2D eigenvalue weighted by Crippen LogP contribution is 2.47. The van der Waals surface area contributed by atoms with Crippen molar-refractivity contribution in [3.63, 3.8) is 0 Å². The number of hydrogen-bond acceptors (Lipinski definition) is 4. The normalized spacial score (nSPS) is 13.0. The minimum Gasteiger partial charge on any atom is -0.455 e. The fraction of sp³-hybridized carbons (Fsp3) is 0.0800. The van der Waals surface area contributed by atoms with Gasteiger partial charge in [0.2, 0.25) is 0 Å². The van der Waals surface area contributed by atoms with E-state index in [2.05, 4.69) is 5.32 Å². The Morgan fingerprint density at radius 3 is 2.60 bits per heavy atom. The van der Waals surface area contributed by atoms with Gasteiger partial charge in [0, 0.05) is 5.39 Å². The summed E-state index contributed by atoms with van der Waals surface area (Å²) in [6.07, 6.45) is -0.881. The molecular weight excluding hydrogens is 394 g/mol. The average molecular weight is 413 g/mol. The predicted octanol–water partition coefficient (Wildman–Crippen LogP) is 7.41. The molecule has 0 aliphatic carbocycles. The van der Waals surface area contributed by atoms with Crippen molar-refractivity contribution in [2.75, 3.05) is 5.32 Å². The minimum atomic E-state index is -0.481. The third-order valence-corrected chi connectivity index (χ3v) is 6.13. The van der Waals surface area contributed by atoms with Crippen molar-refractivity contribution in [1.29, 1.82) is 0 Å². The summed E-state index contributed by atoms with van der Waals surface area (Å²) in [5.74, 6) is 1.68. The van der Waals surface area contributed by atoms with Crippen molar-refractivity contribution in [1.82, 2.24) is 0 Å². The second-order valence-corrected chi connectivity index (χ2v) is 8.14. The fourth-order valence-electron chi connectivity index (χ4n) is 3.50. The molecule has 1 aliphatic heterocycles. The number of ether oxygens (including phenoxy) is 2. The Bertz CT molecular complexity index is 1250. The molecule has 4 aromatic carbocycles. The highest BCUT2D eigenvalue weighted by molar-refractivity contribution is 7.99. The van der Waals surface area contributed by atoms with Crippen molar-refractivity contribution in [2.45, 2.75) is 22.8 Å². The first-order valence-electron chi connectivity index (χ1n) is 9.71. The van der Waals surface area contributed by atoms with Crippen LogP contribution in [0.3, 0.4) is 0 Å². The SMILES string of the molecule is CC(OC(=O)Nc1cccc2ccccc12)c1ccc2c(c1)Sc1ccccc1O2. The fourth-order valence-corrected chi connectivity index (χ4v) is 4.50. The van der Waals surface area contributed by atoms with Crippen LogP contribution in [0, 0.1) is 0 Å². The van der Waals surface area contributed by atoms with E-state index in [0.717, 1.165) is 43.3 Å². The monoisotopic (exact) mass is 413 g/mol. The number of para-hydroxylation sites is 1. The lowest BCUT2D eigenvalue weighted by molar-refractivity contribution is 0.121. The Labute approximate surface area is 178 Å². The van der Waals surface area contributed by atoms with Crippen LogP contribution in [0.25, 0.3) is 10.8 Å². The highest BCUT2D eigenvalue weighted by atomic mass is 32.2. The molecule has 5 rings (SSSR count). The Hall–Kier alpha value is -3.44. The number of hydrogen-bond donors (Lipinski definition) is 1. The van der Waals surface area contributed by atoms with Crippen LogP contribution in [0.2, 0.25) is 0 Å². The molecule has 1 heterocycles. The van der Waals surface area contributed by atoms with E-state index in [4.69, 9.17) is 9.47 Å². The molecule has 0 radical (unpaired) electrons. The summed E-state index contributed by atoms with van der Waals surface area (Å²) >= 11 is 1.66. The first-order chi connectivity index (χ1) is 14.7. The number of carbonyl (C=O) groups excluding carboxylic acids is 1. The Morgan fingerprint density at radius 2 is 1.67 bits per heavy atom. The molecule has 0 bridgehead atoms. The van der Waals surface area contributed by atoms with Gasteiger partial charge in [0.05, 0.1) is 15.5 Å². The summed E-state index contributed by atoms with van der Waals surface area (Å²) in [5, 5.41) is 4.91. The summed E-state index contributed by atoms with van der Waals surface area (Å²) in [7, 11) is 0. The molecular formula is C25H19NO3S. The summed E-state index contributed by atoms with van der Waals surface area (Å²) in [5.41, 5.74) is 1.65. The molecule has 148 valence electrons. The Kier molecular flexibility index (Phi) is 4.81. The molecule has 5 heteroatoms. The molecule has 1 unspecified atom stereocenters.